The fraction of sp³-hybridized carbons (Fsp3) is 0.188. The first-order chi connectivity index (χ1) is 9.28. The molecule has 0 spiro atoms. The summed E-state index contributed by atoms with van der Waals surface area (Å²) in [6.45, 7) is 0.935. The number of aromatic hydroxyl groups is 1. The van der Waals surface area contributed by atoms with Crippen LogP contribution in [0.2, 0.25) is 0 Å². The molecule has 19 heavy (non-hydrogen) atoms. The van der Waals surface area contributed by atoms with Crippen molar-refractivity contribution < 1.29 is 14.4 Å². The topological polar surface area (TPSA) is 32.5 Å². The Bertz CT molecular complexity index is 630. The van der Waals surface area contributed by atoms with Gasteiger partial charge in [-0.05, 0) is 23.8 Å². The Morgan fingerprint density at radius 1 is 1.11 bits per heavy atom. The Morgan fingerprint density at radius 3 is 2.63 bits per heavy atom. The number of ether oxygens (including phenoxy) is 1. The predicted molar refractivity (Wildman–Crippen MR) is 74.8 cm³/mol. The van der Waals surface area contributed by atoms with E-state index < -0.39 is 0 Å². The summed E-state index contributed by atoms with van der Waals surface area (Å²) >= 11 is 0. The van der Waals surface area contributed by atoms with Crippen LogP contribution < -0.4 is 4.74 Å². The van der Waals surface area contributed by atoms with Crippen LogP contribution in [0.1, 0.15) is 11.1 Å². The Kier molecular flexibility index (Phi) is 2.95. The van der Waals surface area contributed by atoms with Crippen LogP contribution in [0.4, 0.5) is 5.69 Å². The number of hydrogen-bond donors (Lipinski definition) is 1. The maximum absolute atomic E-state index is 9.35. The zero-order valence-corrected chi connectivity index (χ0v) is 10.8. The number of nitrogens with zero attached hydrogens (tertiary/aromatic N) is 1. The second kappa shape index (κ2) is 4.76. The van der Waals surface area contributed by atoms with Crippen LogP contribution in [0.5, 0.6) is 11.5 Å². The molecule has 0 radical (unpaired) electrons. The van der Waals surface area contributed by atoms with E-state index in [0.29, 0.717) is 5.75 Å². The Morgan fingerprint density at radius 2 is 1.89 bits per heavy atom. The van der Waals surface area contributed by atoms with Crippen LogP contribution >= 0.6 is 0 Å². The number of phenolic OH excluding ortho intramolecular Hbond substituents is 1. The first-order valence-corrected chi connectivity index (χ1v) is 6.34. The number of phenols is 1. The van der Waals surface area contributed by atoms with E-state index in [0.717, 1.165) is 30.0 Å². The molecule has 1 aliphatic heterocycles. The molecule has 1 aliphatic rings. The van der Waals surface area contributed by atoms with Crippen LogP contribution in [0.25, 0.3) is 0 Å². The maximum Gasteiger partial charge on any atom is 0.205 e. The summed E-state index contributed by atoms with van der Waals surface area (Å²) in [5, 5.41) is 9.35. The minimum Gasteiger partial charge on any atom is -0.508 e. The highest BCUT2D eigenvalue weighted by atomic mass is 16.5. The highest BCUT2D eigenvalue weighted by Crippen LogP contribution is 2.26. The van der Waals surface area contributed by atoms with Crippen LogP contribution in [0.15, 0.2) is 42.5 Å². The molecule has 2 aromatic rings. The fourth-order valence-electron chi connectivity index (χ4n) is 2.44. The van der Waals surface area contributed by atoms with Crippen LogP contribution in [0, 0.1) is 0 Å². The average molecular weight is 254 g/mol. The number of benzene rings is 2. The van der Waals surface area contributed by atoms with E-state index in [4.69, 9.17) is 4.74 Å². The summed E-state index contributed by atoms with van der Waals surface area (Å²) in [4.78, 5) is 0. The quantitative estimate of drug-likeness (QED) is 0.836. The van der Waals surface area contributed by atoms with Crippen molar-refractivity contribution >= 4 is 11.9 Å². The number of methoxy groups -OCH3 is 1. The standard InChI is InChI=1S/C16H15NO2/c1-19-16-4-2-3-12-9-10-17(11-15(12)16)13-5-7-14(18)8-6-13/h2-8,11H,9-10H2,1H3/p+1. The normalized spacial score (nSPS) is 13.6. The van der Waals surface area contributed by atoms with Crippen LogP contribution in [0.3, 0.4) is 0 Å². The second-order valence-corrected chi connectivity index (χ2v) is 4.62. The van der Waals surface area contributed by atoms with Crippen molar-refractivity contribution in [3.8, 4) is 11.5 Å². The van der Waals surface area contributed by atoms with E-state index >= 15 is 0 Å². The molecule has 3 heteroatoms. The van der Waals surface area contributed by atoms with Crippen molar-refractivity contribution in [2.24, 2.45) is 0 Å². The first kappa shape index (κ1) is 11.8. The van der Waals surface area contributed by atoms with Crippen molar-refractivity contribution in [1.29, 1.82) is 0 Å². The molecule has 0 aliphatic carbocycles. The van der Waals surface area contributed by atoms with Gasteiger partial charge in [0.15, 0.2) is 12.8 Å². The molecule has 3 nitrogen and oxygen atoms in total. The SMILES string of the molecule is COc1cccc2c1C=[N+](c1ccc(O)cc1)CC2. The monoisotopic (exact) mass is 254 g/mol. The van der Waals surface area contributed by atoms with Gasteiger partial charge in [0.25, 0.3) is 0 Å². The van der Waals surface area contributed by atoms with Gasteiger partial charge in [-0.1, -0.05) is 12.1 Å². The highest BCUT2D eigenvalue weighted by Gasteiger charge is 2.20. The highest BCUT2D eigenvalue weighted by molar-refractivity contribution is 5.83. The third-order valence-electron chi connectivity index (χ3n) is 3.46. The maximum atomic E-state index is 9.35. The molecule has 1 heterocycles. The van der Waals surface area contributed by atoms with Gasteiger partial charge in [-0.15, -0.1) is 0 Å². The van der Waals surface area contributed by atoms with E-state index in [1.54, 1.807) is 19.2 Å². The first-order valence-electron chi connectivity index (χ1n) is 6.34. The molecule has 0 aromatic heterocycles. The zero-order valence-electron chi connectivity index (χ0n) is 10.8. The van der Waals surface area contributed by atoms with Crippen molar-refractivity contribution in [2.75, 3.05) is 13.7 Å². The van der Waals surface area contributed by atoms with Gasteiger partial charge in [-0.25, -0.2) is 0 Å². The van der Waals surface area contributed by atoms with Crippen molar-refractivity contribution in [3.63, 3.8) is 0 Å². The van der Waals surface area contributed by atoms with Gasteiger partial charge in [0.2, 0.25) is 5.69 Å². The molecule has 0 saturated heterocycles. The minimum absolute atomic E-state index is 0.291. The molecule has 0 atom stereocenters. The number of rotatable bonds is 2. The lowest BCUT2D eigenvalue weighted by atomic mass is 10.0. The molecule has 3 rings (SSSR count). The molecule has 0 amide bonds. The average Bonchev–Trinajstić information content (AvgIpc) is 2.47. The summed E-state index contributed by atoms with van der Waals surface area (Å²) in [7, 11) is 1.70. The van der Waals surface area contributed by atoms with Crippen molar-refractivity contribution in [1.82, 2.24) is 0 Å². The third kappa shape index (κ3) is 2.19. The van der Waals surface area contributed by atoms with Gasteiger partial charge < -0.3 is 9.84 Å². The Hall–Kier alpha value is -2.29. The fourth-order valence-corrected chi connectivity index (χ4v) is 2.44. The lowest BCUT2D eigenvalue weighted by Crippen LogP contribution is -2.19. The lowest BCUT2D eigenvalue weighted by Gasteiger charge is -2.14. The van der Waals surface area contributed by atoms with E-state index in [1.165, 1.54) is 5.56 Å². The molecular formula is C16H16NO2+. The minimum atomic E-state index is 0.291. The summed E-state index contributed by atoms with van der Waals surface area (Å²) in [5.41, 5.74) is 3.54. The zero-order chi connectivity index (χ0) is 13.2. The summed E-state index contributed by atoms with van der Waals surface area (Å²) in [6, 6.07) is 13.4. The van der Waals surface area contributed by atoms with E-state index in [9.17, 15) is 5.11 Å². The summed E-state index contributed by atoms with van der Waals surface area (Å²) in [6.07, 6.45) is 3.11. The van der Waals surface area contributed by atoms with Gasteiger partial charge in [0.05, 0.1) is 12.7 Å². The summed E-state index contributed by atoms with van der Waals surface area (Å²) < 4.78 is 7.60. The largest absolute Gasteiger partial charge is 0.508 e. The second-order valence-electron chi connectivity index (χ2n) is 4.62. The molecule has 0 saturated carbocycles. The van der Waals surface area contributed by atoms with Gasteiger partial charge in [0.1, 0.15) is 11.5 Å². The Balaban J connectivity index is 2.05. The van der Waals surface area contributed by atoms with E-state index in [-0.39, 0.29) is 0 Å². The van der Waals surface area contributed by atoms with E-state index in [2.05, 4.69) is 16.9 Å². The smallest absolute Gasteiger partial charge is 0.205 e. The van der Waals surface area contributed by atoms with Gasteiger partial charge >= 0.3 is 0 Å². The van der Waals surface area contributed by atoms with Crippen LogP contribution in [-0.4, -0.2) is 29.6 Å². The summed E-state index contributed by atoms with van der Waals surface area (Å²) in [5.74, 6) is 1.19. The molecule has 2 aromatic carbocycles. The predicted octanol–water partition coefficient (Wildman–Crippen LogP) is 2.72. The molecular weight excluding hydrogens is 238 g/mol. The third-order valence-corrected chi connectivity index (χ3v) is 3.46. The van der Waals surface area contributed by atoms with Gasteiger partial charge in [0, 0.05) is 18.6 Å². The molecule has 1 N–H and O–H groups in total. The van der Waals surface area contributed by atoms with Crippen LogP contribution in [-0.2, 0) is 6.42 Å². The van der Waals surface area contributed by atoms with Gasteiger partial charge in [-0.3, -0.25) is 0 Å². The lowest BCUT2D eigenvalue weighted by molar-refractivity contribution is -0.436. The van der Waals surface area contributed by atoms with Crippen molar-refractivity contribution in [2.45, 2.75) is 6.42 Å². The molecule has 0 fully saturated rings. The van der Waals surface area contributed by atoms with E-state index in [1.807, 2.05) is 24.3 Å². The Labute approximate surface area is 112 Å². The molecule has 0 bridgehead atoms. The molecule has 0 unspecified atom stereocenters. The number of hydrogen-bond acceptors (Lipinski definition) is 2. The molecule has 96 valence electrons. The van der Waals surface area contributed by atoms with Gasteiger partial charge in [-0.2, -0.15) is 4.58 Å². The van der Waals surface area contributed by atoms with Crippen molar-refractivity contribution in [3.05, 3.63) is 53.6 Å². The number of fused-ring (bicyclic) bond motifs is 1.